The third kappa shape index (κ3) is 3.78. The van der Waals surface area contributed by atoms with Crippen LogP contribution in [0.25, 0.3) is 10.9 Å². The molecule has 1 aromatic heterocycles. The molecule has 2 aromatic carbocycles. The molecule has 1 aliphatic heterocycles. The molecule has 0 bridgehead atoms. The number of anilines is 1. The number of nitrogens with zero attached hydrogens (tertiary/aromatic N) is 2. The Morgan fingerprint density at radius 3 is 2.64 bits per heavy atom. The highest BCUT2D eigenvalue weighted by atomic mass is 19.1. The molecule has 2 heterocycles. The third-order valence-corrected chi connectivity index (χ3v) is 5.16. The number of amides is 2. The number of aromatic amines is 1. The van der Waals surface area contributed by atoms with E-state index in [9.17, 15) is 13.6 Å². The SMILES string of the molecule is O=C(NCCc1c[nH]c2ccccc12)N1CCN(c2ccc(F)cc2F)CC1. The summed E-state index contributed by atoms with van der Waals surface area (Å²) in [6.07, 6.45) is 2.73. The van der Waals surface area contributed by atoms with Gasteiger partial charge in [-0.3, -0.25) is 0 Å². The van der Waals surface area contributed by atoms with Crippen LogP contribution in [-0.2, 0) is 6.42 Å². The Bertz CT molecular complexity index is 979. The molecule has 7 heteroatoms. The summed E-state index contributed by atoms with van der Waals surface area (Å²) < 4.78 is 27.0. The van der Waals surface area contributed by atoms with Gasteiger partial charge in [-0.1, -0.05) is 18.2 Å². The van der Waals surface area contributed by atoms with E-state index >= 15 is 0 Å². The topological polar surface area (TPSA) is 51.4 Å². The Hall–Kier alpha value is -3.09. The van der Waals surface area contributed by atoms with Crippen LogP contribution in [0.1, 0.15) is 5.56 Å². The number of carbonyl (C=O) groups excluding carboxylic acids is 1. The molecular formula is C21H22F2N4O. The van der Waals surface area contributed by atoms with Gasteiger partial charge in [0, 0.05) is 55.9 Å². The van der Waals surface area contributed by atoms with Crippen molar-refractivity contribution in [1.29, 1.82) is 0 Å². The fraction of sp³-hybridized carbons (Fsp3) is 0.286. The lowest BCUT2D eigenvalue weighted by atomic mass is 10.1. The number of carbonyl (C=O) groups is 1. The molecule has 2 amide bonds. The number of hydrogen-bond acceptors (Lipinski definition) is 2. The number of para-hydroxylation sites is 1. The predicted molar refractivity (Wildman–Crippen MR) is 106 cm³/mol. The first-order valence-electron chi connectivity index (χ1n) is 9.39. The second kappa shape index (κ2) is 7.88. The van der Waals surface area contributed by atoms with Gasteiger partial charge in [-0.15, -0.1) is 0 Å². The molecule has 5 nitrogen and oxygen atoms in total. The number of hydrogen-bond donors (Lipinski definition) is 2. The number of benzene rings is 2. The molecule has 0 radical (unpaired) electrons. The Morgan fingerprint density at radius 1 is 1.07 bits per heavy atom. The number of nitrogens with one attached hydrogen (secondary N) is 2. The Balaban J connectivity index is 1.27. The average Bonchev–Trinajstić information content (AvgIpc) is 3.11. The van der Waals surface area contributed by atoms with Crippen LogP contribution in [-0.4, -0.2) is 48.6 Å². The minimum absolute atomic E-state index is 0.112. The van der Waals surface area contributed by atoms with Crippen LogP contribution in [0.3, 0.4) is 0 Å². The number of urea groups is 1. The van der Waals surface area contributed by atoms with E-state index in [4.69, 9.17) is 0 Å². The van der Waals surface area contributed by atoms with Crippen LogP contribution in [0.5, 0.6) is 0 Å². The molecule has 0 aliphatic carbocycles. The van der Waals surface area contributed by atoms with Crippen LogP contribution >= 0.6 is 0 Å². The Kier molecular flexibility index (Phi) is 5.14. The number of H-pyrrole nitrogens is 1. The fourth-order valence-electron chi connectivity index (χ4n) is 3.64. The smallest absolute Gasteiger partial charge is 0.317 e. The second-order valence-corrected chi connectivity index (χ2v) is 6.91. The van der Waals surface area contributed by atoms with Gasteiger partial charge in [0.25, 0.3) is 0 Å². The highest BCUT2D eigenvalue weighted by Crippen LogP contribution is 2.21. The third-order valence-electron chi connectivity index (χ3n) is 5.16. The van der Waals surface area contributed by atoms with E-state index in [1.165, 1.54) is 23.1 Å². The summed E-state index contributed by atoms with van der Waals surface area (Å²) in [6.45, 7) is 2.57. The maximum absolute atomic E-state index is 13.9. The highest BCUT2D eigenvalue weighted by Gasteiger charge is 2.22. The molecule has 2 N–H and O–H groups in total. The second-order valence-electron chi connectivity index (χ2n) is 6.91. The van der Waals surface area contributed by atoms with Gasteiger partial charge in [0.1, 0.15) is 11.6 Å². The highest BCUT2D eigenvalue weighted by molar-refractivity contribution is 5.83. The van der Waals surface area contributed by atoms with Crippen molar-refractivity contribution in [2.24, 2.45) is 0 Å². The van der Waals surface area contributed by atoms with E-state index in [0.717, 1.165) is 18.0 Å². The number of piperazine rings is 1. The molecule has 146 valence electrons. The van der Waals surface area contributed by atoms with Gasteiger partial charge in [-0.05, 0) is 30.2 Å². The zero-order valence-corrected chi connectivity index (χ0v) is 15.4. The van der Waals surface area contributed by atoms with Crippen LogP contribution in [0, 0.1) is 11.6 Å². The monoisotopic (exact) mass is 384 g/mol. The molecule has 0 saturated carbocycles. The maximum atomic E-state index is 13.9. The molecule has 0 unspecified atom stereocenters. The number of fused-ring (bicyclic) bond motifs is 1. The molecule has 1 saturated heterocycles. The van der Waals surface area contributed by atoms with E-state index < -0.39 is 11.6 Å². The van der Waals surface area contributed by atoms with Gasteiger partial charge in [0.05, 0.1) is 5.69 Å². The summed E-state index contributed by atoms with van der Waals surface area (Å²) in [5.41, 5.74) is 2.64. The van der Waals surface area contributed by atoms with Gasteiger partial charge >= 0.3 is 6.03 Å². The summed E-state index contributed by atoms with van der Waals surface area (Å²) in [6, 6.07) is 11.6. The summed E-state index contributed by atoms with van der Waals surface area (Å²) in [5.74, 6) is -1.16. The predicted octanol–water partition coefficient (Wildman–Crippen LogP) is 3.52. The lowest BCUT2D eigenvalue weighted by molar-refractivity contribution is 0.194. The normalized spacial score (nSPS) is 14.5. The minimum Gasteiger partial charge on any atom is -0.366 e. The molecular weight excluding hydrogens is 362 g/mol. The van der Waals surface area contributed by atoms with Crippen molar-refractivity contribution in [3.63, 3.8) is 0 Å². The zero-order chi connectivity index (χ0) is 19.5. The molecule has 0 atom stereocenters. The van der Waals surface area contributed by atoms with Crippen LogP contribution in [0.2, 0.25) is 0 Å². The zero-order valence-electron chi connectivity index (χ0n) is 15.4. The fourth-order valence-corrected chi connectivity index (χ4v) is 3.64. The number of aromatic nitrogens is 1. The number of halogens is 2. The molecule has 3 aromatic rings. The quantitative estimate of drug-likeness (QED) is 0.723. The van der Waals surface area contributed by atoms with E-state index in [-0.39, 0.29) is 6.03 Å². The van der Waals surface area contributed by atoms with Gasteiger partial charge < -0.3 is 20.1 Å². The molecule has 28 heavy (non-hydrogen) atoms. The number of rotatable bonds is 4. The molecule has 0 spiro atoms. The van der Waals surface area contributed by atoms with Crippen molar-refractivity contribution >= 4 is 22.6 Å². The van der Waals surface area contributed by atoms with Crippen molar-refractivity contribution in [1.82, 2.24) is 15.2 Å². The van der Waals surface area contributed by atoms with E-state index in [0.29, 0.717) is 38.4 Å². The van der Waals surface area contributed by atoms with Crippen LogP contribution < -0.4 is 10.2 Å². The van der Waals surface area contributed by atoms with Gasteiger partial charge in [-0.2, -0.15) is 0 Å². The lowest BCUT2D eigenvalue weighted by Crippen LogP contribution is -2.52. The maximum Gasteiger partial charge on any atom is 0.317 e. The minimum atomic E-state index is -0.588. The molecule has 1 aliphatic rings. The largest absolute Gasteiger partial charge is 0.366 e. The standard InChI is InChI=1S/C21H22F2N4O/c22-16-5-6-20(18(23)13-16)26-9-11-27(12-10-26)21(28)24-8-7-15-14-25-19-4-2-1-3-17(15)19/h1-6,13-14,25H,7-12H2,(H,24,28). The summed E-state index contributed by atoms with van der Waals surface area (Å²) in [4.78, 5) is 19.2. The van der Waals surface area contributed by atoms with Gasteiger partial charge in [0.15, 0.2) is 0 Å². The van der Waals surface area contributed by atoms with Gasteiger partial charge in [-0.25, -0.2) is 13.6 Å². The molecule has 4 rings (SSSR count). The first kappa shape index (κ1) is 18.3. The van der Waals surface area contributed by atoms with Crippen molar-refractivity contribution < 1.29 is 13.6 Å². The van der Waals surface area contributed by atoms with E-state index in [1.54, 1.807) is 4.90 Å². The van der Waals surface area contributed by atoms with Crippen LogP contribution in [0.4, 0.5) is 19.3 Å². The Labute approximate surface area is 161 Å². The average molecular weight is 384 g/mol. The van der Waals surface area contributed by atoms with Crippen LogP contribution in [0.15, 0.2) is 48.7 Å². The van der Waals surface area contributed by atoms with E-state index in [1.807, 2.05) is 29.3 Å². The van der Waals surface area contributed by atoms with Crippen molar-refractivity contribution in [3.8, 4) is 0 Å². The van der Waals surface area contributed by atoms with Crippen molar-refractivity contribution in [2.75, 3.05) is 37.6 Å². The first-order chi connectivity index (χ1) is 13.6. The van der Waals surface area contributed by atoms with E-state index in [2.05, 4.69) is 16.4 Å². The van der Waals surface area contributed by atoms with Crippen molar-refractivity contribution in [2.45, 2.75) is 6.42 Å². The molecule has 1 fully saturated rings. The lowest BCUT2D eigenvalue weighted by Gasteiger charge is -2.36. The first-order valence-corrected chi connectivity index (χ1v) is 9.39. The summed E-state index contributed by atoms with van der Waals surface area (Å²) >= 11 is 0. The van der Waals surface area contributed by atoms with Gasteiger partial charge in [0.2, 0.25) is 0 Å². The summed E-state index contributed by atoms with van der Waals surface area (Å²) in [5, 5.41) is 4.13. The Morgan fingerprint density at radius 2 is 1.86 bits per heavy atom. The summed E-state index contributed by atoms with van der Waals surface area (Å²) in [7, 11) is 0. The van der Waals surface area contributed by atoms with Crippen molar-refractivity contribution in [3.05, 3.63) is 65.9 Å².